The van der Waals surface area contributed by atoms with Gasteiger partial charge >= 0.3 is 0 Å². The Labute approximate surface area is 43.2 Å². The van der Waals surface area contributed by atoms with Crippen molar-refractivity contribution in [1.82, 2.24) is 0 Å². The maximum Gasteiger partial charge on any atom is 0.146 e. The van der Waals surface area contributed by atoms with Gasteiger partial charge in [-0.3, -0.25) is 4.18 Å². The third-order valence-corrected chi connectivity index (χ3v) is 2.69. The van der Waals surface area contributed by atoms with Crippen LogP contribution in [0, 0.1) is 0 Å². The van der Waals surface area contributed by atoms with E-state index in [1.54, 1.807) is 5.98 Å². The van der Waals surface area contributed by atoms with Crippen molar-refractivity contribution < 1.29 is 4.18 Å². The molecule has 1 aliphatic rings. The van der Waals surface area contributed by atoms with Crippen molar-refractivity contribution in [2.45, 2.75) is 0 Å². The van der Waals surface area contributed by atoms with E-state index in [1.165, 1.54) is 0 Å². The lowest BCUT2D eigenvalue weighted by Gasteiger charge is -1.86. The number of nitrogens with zero attached hydrogens (tertiary/aromatic N) is 1. The van der Waals surface area contributed by atoms with Gasteiger partial charge in [-0.1, -0.05) is 0 Å². The number of rotatable bonds is 0. The second-order valence-corrected chi connectivity index (χ2v) is 3.41. The average Bonchev–Trinajstić information content (AvgIpc) is 1.72. The predicted molar refractivity (Wildman–Crippen MR) is 31.0 cm³/mol. The molecule has 0 aromatic carbocycles. The fourth-order valence-corrected chi connectivity index (χ4v) is 2.03. The van der Waals surface area contributed by atoms with Crippen molar-refractivity contribution in [2.24, 2.45) is 4.15 Å². The molecule has 0 spiro atoms. The van der Waals surface area contributed by atoms with Gasteiger partial charge < -0.3 is 0 Å². The first-order valence-electron chi connectivity index (χ1n) is 1.24. The van der Waals surface area contributed by atoms with E-state index in [2.05, 4.69) is 8.33 Å². The molecule has 0 radical (unpaired) electrons. The van der Waals surface area contributed by atoms with Crippen LogP contribution in [0.1, 0.15) is 0 Å². The Morgan fingerprint density at radius 1 is 1.83 bits per heavy atom. The number of hydrogen-bond donors (Lipinski definition) is 0. The molecule has 2 nitrogen and oxygen atoms in total. The summed E-state index contributed by atoms with van der Waals surface area (Å²) in [5.41, 5.74) is 0. The average molecular weight is 137 g/mol. The molecular weight excluding hydrogens is 136 g/mol. The van der Waals surface area contributed by atoms with Crippen LogP contribution in [-0.4, -0.2) is 5.98 Å². The van der Waals surface area contributed by atoms with Crippen molar-refractivity contribution >= 4 is 34.2 Å². The highest BCUT2D eigenvalue weighted by Gasteiger charge is 1.81. The normalized spacial score (nSPS) is 24.0. The summed E-state index contributed by atoms with van der Waals surface area (Å²) in [6.45, 7) is 0. The maximum absolute atomic E-state index is 4.68. The molecule has 0 fully saturated rings. The highest BCUT2D eigenvalue weighted by molar-refractivity contribution is 8.11. The predicted octanol–water partition coefficient (Wildman–Crippen LogP) is 2.33. The lowest BCUT2D eigenvalue weighted by Crippen LogP contribution is -1.64. The van der Waals surface area contributed by atoms with Gasteiger partial charge in [0.1, 0.15) is 12.2 Å². The van der Waals surface area contributed by atoms with Crippen LogP contribution in [0.4, 0.5) is 0 Å². The summed E-state index contributed by atoms with van der Waals surface area (Å²) in [7, 11) is 2.21. The molecule has 0 aliphatic carbocycles. The van der Waals surface area contributed by atoms with Crippen LogP contribution in [0.5, 0.6) is 0 Å². The Bertz CT molecular complexity index is 79.5. The standard InChI is InChI=1S/CHNOP2S/c1-3-6-2-5-4-1/h1H. The summed E-state index contributed by atoms with van der Waals surface area (Å²) in [5, 5.41) is 0. The van der Waals surface area contributed by atoms with E-state index >= 15 is 0 Å². The molecular formula is CHNOP2S. The number of hydrogen-bond acceptors (Lipinski definition) is 3. The fourth-order valence-electron chi connectivity index (χ4n) is 0.115. The van der Waals surface area contributed by atoms with E-state index in [9.17, 15) is 0 Å². The largest absolute Gasteiger partial charge is 0.260 e. The van der Waals surface area contributed by atoms with Gasteiger partial charge in [-0.2, -0.15) is 4.15 Å². The molecule has 5 heteroatoms. The van der Waals surface area contributed by atoms with Gasteiger partial charge in [0.25, 0.3) is 0 Å². The SMILES string of the molecule is C1=PP=NSO1. The molecule has 0 amide bonds. The van der Waals surface area contributed by atoms with Gasteiger partial charge in [0.15, 0.2) is 0 Å². The van der Waals surface area contributed by atoms with Gasteiger partial charge in [-0.15, -0.1) is 0 Å². The molecule has 0 aromatic heterocycles. The zero-order chi connectivity index (χ0) is 4.24. The molecule has 0 N–H and O–H groups in total. The topological polar surface area (TPSA) is 21.6 Å². The molecule has 0 saturated carbocycles. The quantitative estimate of drug-likeness (QED) is 0.290. The molecule has 0 aromatic rings. The Balaban J connectivity index is 2.46. The fraction of sp³-hybridized carbons (Fsp3) is 0. The van der Waals surface area contributed by atoms with Crippen LogP contribution >= 0.6 is 28.2 Å². The first kappa shape index (κ1) is 4.73. The first-order valence-corrected chi connectivity index (χ1v) is 4.46. The van der Waals surface area contributed by atoms with Crippen molar-refractivity contribution in [3.05, 3.63) is 0 Å². The third kappa shape index (κ3) is 1.36. The minimum Gasteiger partial charge on any atom is -0.260 e. The summed E-state index contributed by atoms with van der Waals surface area (Å²) in [6.07, 6.45) is 0. The van der Waals surface area contributed by atoms with Gasteiger partial charge in [0.05, 0.1) is 14.0 Å². The Morgan fingerprint density at radius 2 is 2.83 bits per heavy atom. The summed E-state index contributed by atoms with van der Waals surface area (Å²) in [4.78, 5) is 0. The molecule has 0 saturated heterocycles. The molecule has 6 heavy (non-hydrogen) atoms. The van der Waals surface area contributed by atoms with Crippen LogP contribution in [0.3, 0.4) is 0 Å². The monoisotopic (exact) mass is 137 g/mol. The van der Waals surface area contributed by atoms with E-state index in [-0.39, 0.29) is 0 Å². The van der Waals surface area contributed by atoms with Crippen LogP contribution in [0.15, 0.2) is 4.15 Å². The van der Waals surface area contributed by atoms with E-state index in [1.807, 2.05) is 0 Å². The zero-order valence-corrected chi connectivity index (χ0v) is 5.34. The van der Waals surface area contributed by atoms with Gasteiger partial charge in [0, 0.05) is 7.89 Å². The smallest absolute Gasteiger partial charge is 0.146 e. The second kappa shape index (κ2) is 2.70. The van der Waals surface area contributed by atoms with Crippen LogP contribution < -0.4 is 0 Å². The van der Waals surface area contributed by atoms with Crippen LogP contribution in [0.2, 0.25) is 0 Å². The summed E-state index contributed by atoms with van der Waals surface area (Å²) >= 11 is 1.15. The maximum atomic E-state index is 4.68. The van der Waals surface area contributed by atoms with Gasteiger partial charge in [0.2, 0.25) is 0 Å². The second-order valence-electron chi connectivity index (χ2n) is 0.563. The Hall–Kier alpha value is 0.580. The molecule has 0 unspecified atom stereocenters. The zero-order valence-electron chi connectivity index (χ0n) is 2.74. The highest BCUT2D eigenvalue weighted by atomic mass is 32.2. The van der Waals surface area contributed by atoms with Crippen molar-refractivity contribution in [2.75, 3.05) is 0 Å². The van der Waals surface area contributed by atoms with Crippen molar-refractivity contribution in [3.8, 4) is 0 Å². The van der Waals surface area contributed by atoms with Crippen molar-refractivity contribution in [3.63, 3.8) is 0 Å². The molecule has 0 atom stereocenters. The summed E-state index contributed by atoms with van der Waals surface area (Å²) < 4.78 is 8.48. The minimum absolute atomic E-state index is 1.08. The summed E-state index contributed by atoms with van der Waals surface area (Å²) in [6, 6.07) is 0. The Morgan fingerprint density at radius 3 is 3.00 bits per heavy atom. The molecule has 32 valence electrons. The highest BCUT2D eigenvalue weighted by Crippen LogP contribution is 2.28. The third-order valence-electron chi connectivity index (χ3n) is 0.255. The van der Waals surface area contributed by atoms with E-state index in [0.717, 1.165) is 28.2 Å². The minimum atomic E-state index is 1.08. The Kier molecular flexibility index (Phi) is 2.13. The van der Waals surface area contributed by atoms with Gasteiger partial charge in [-0.25, -0.2) is 0 Å². The lowest BCUT2D eigenvalue weighted by atomic mass is 11.7. The molecule has 1 aliphatic heterocycles. The van der Waals surface area contributed by atoms with Crippen molar-refractivity contribution in [1.29, 1.82) is 0 Å². The van der Waals surface area contributed by atoms with Gasteiger partial charge in [-0.05, 0) is 0 Å². The molecule has 0 bridgehead atoms. The molecule has 1 heterocycles. The summed E-state index contributed by atoms with van der Waals surface area (Å²) in [5.74, 6) is 1.72. The van der Waals surface area contributed by atoms with E-state index in [0.29, 0.717) is 0 Å². The molecule has 1 rings (SSSR count). The first-order chi connectivity index (χ1) is 3.00. The lowest BCUT2D eigenvalue weighted by molar-refractivity contribution is 0.690. The van der Waals surface area contributed by atoms with E-state index < -0.39 is 0 Å². The van der Waals surface area contributed by atoms with Crippen LogP contribution in [0.25, 0.3) is 0 Å². The van der Waals surface area contributed by atoms with Crippen LogP contribution in [-0.2, 0) is 4.18 Å². The van der Waals surface area contributed by atoms with E-state index in [4.69, 9.17) is 0 Å².